The average Bonchev–Trinajstić information content (AvgIpc) is 2.80. The molecule has 9 heteroatoms. The van der Waals surface area contributed by atoms with Crippen molar-refractivity contribution < 1.29 is 13.9 Å². The summed E-state index contributed by atoms with van der Waals surface area (Å²) in [6, 6.07) is 10.9. The van der Waals surface area contributed by atoms with E-state index in [1.165, 1.54) is 23.9 Å². The Balaban J connectivity index is 1.80. The van der Waals surface area contributed by atoms with Crippen molar-refractivity contribution in [2.24, 2.45) is 0 Å². The lowest BCUT2D eigenvalue weighted by Gasteiger charge is -2.25. The van der Waals surface area contributed by atoms with Gasteiger partial charge in [-0.1, -0.05) is 35.5 Å². The van der Waals surface area contributed by atoms with Crippen molar-refractivity contribution in [3.05, 3.63) is 69.2 Å². The van der Waals surface area contributed by atoms with Crippen LogP contribution in [0.25, 0.3) is 10.9 Å². The summed E-state index contributed by atoms with van der Waals surface area (Å²) in [7, 11) is 1.71. The summed E-state index contributed by atoms with van der Waals surface area (Å²) in [5.41, 5.74) is 1.16. The van der Waals surface area contributed by atoms with E-state index in [0.29, 0.717) is 47.3 Å². The van der Waals surface area contributed by atoms with Crippen molar-refractivity contribution in [2.45, 2.75) is 38.0 Å². The van der Waals surface area contributed by atoms with E-state index < -0.39 is 0 Å². The topological polar surface area (TPSA) is 64.4 Å². The summed E-state index contributed by atoms with van der Waals surface area (Å²) in [6.45, 7) is 5.38. The molecule has 3 rings (SSSR count). The molecule has 1 amide bonds. The Labute approximate surface area is 201 Å². The Morgan fingerprint density at radius 2 is 2.00 bits per heavy atom. The summed E-state index contributed by atoms with van der Waals surface area (Å²) in [5, 5.41) is 1.43. The fourth-order valence-electron chi connectivity index (χ4n) is 3.36. The van der Waals surface area contributed by atoms with E-state index in [4.69, 9.17) is 16.3 Å². The fraction of sp³-hybridized carbons (Fsp3) is 0.375. The molecule has 176 valence electrons. The highest BCUT2D eigenvalue weighted by atomic mass is 35.5. The molecule has 1 atom stereocenters. The zero-order chi connectivity index (χ0) is 24.0. The Bertz CT molecular complexity index is 1170. The number of halogens is 2. The average molecular weight is 492 g/mol. The first kappa shape index (κ1) is 25.2. The number of carbonyl (C=O) groups excluding carboxylic acids is 1. The molecule has 0 aliphatic rings. The maximum Gasteiger partial charge on any atom is 0.262 e. The number of aromatic nitrogens is 2. The molecule has 0 saturated carbocycles. The Hall–Kier alpha value is -2.42. The predicted molar refractivity (Wildman–Crippen MR) is 130 cm³/mol. The molecule has 0 N–H and O–H groups in total. The van der Waals surface area contributed by atoms with Crippen LogP contribution < -0.4 is 5.56 Å². The van der Waals surface area contributed by atoms with Gasteiger partial charge in [-0.15, -0.1) is 0 Å². The van der Waals surface area contributed by atoms with E-state index in [9.17, 15) is 14.0 Å². The number of amides is 1. The molecular formula is C24H27ClFN3O3S. The zero-order valence-electron chi connectivity index (χ0n) is 18.9. The number of benzene rings is 2. The second-order valence-electron chi connectivity index (χ2n) is 7.58. The number of thioether (sulfide) groups is 1. The molecule has 1 aromatic heterocycles. The normalized spacial score (nSPS) is 12.2. The van der Waals surface area contributed by atoms with Crippen molar-refractivity contribution in [3.8, 4) is 0 Å². The molecular weight excluding hydrogens is 465 g/mol. The molecule has 3 aromatic rings. The van der Waals surface area contributed by atoms with Gasteiger partial charge in [0.1, 0.15) is 5.82 Å². The van der Waals surface area contributed by atoms with Crippen LogP contribution in [0.4, 0.5) is 4.39 Å². The van der Waals surface area contributed by atoms with Crippen molar-refractivity contribution in [1.29, 1.82) is 0 Å². The van der Waals surface area contributed by atoms with Gasteiger partial charge in [0.25, 0.3) is 5.56 Å². The summed E-state index contributed by atoms with van der Waals surface area (Å²) < 4.78 is 20.2. The second kappa shape index (κ2) is 11.6. The van der Waals surface area contributed by atoms with Crippen LogP contribution in [-0.2, 0) is 16.1 Å². The summed E-state index contributed by atoms with van der Waals surface area (Å²) in [6.07, 6.45) is 0.650. The van der Waals surface area contributed by atoms with Gasteiger partial charge in [-0.05, 0) is 56.2 Å². The lowest BCUT2D eigenvalue weighted by Crippen LogP contribution is -2.31. The van der Waals surface area contributed by atoms with Gasteiger partial charge in [-0.25, -0.2) is 9.37 Å². The van der Waals surface area contributed by atoms with E-state index >= 15 is 0 Å². The largest absolute Gasteiger partial charge is 0.382 e. The minimum Gasteiger partial charge on any atom is -0.382 e. The predicted octanol–water partition coefficient (Wildman–Crippen LogP) is 4.93. The lowest BCUT2D eigenvalue weighted by atomic mass is 10.1. The van der Waals surface area contributed by atoms with Crippen LogP contribution >= 0.6 is 23.4 Å². The highest BCUT2D eigenvalue weighted by Gasteiger charge is 2.19. The van der Waals surface area contributed by atoms with E-state index in [0.717, 1.165) is 5.56 Å². The van der Waals surface area contributed by atoms with Crippen molar-refractivity contribution in [3.63, 3.8) is 0 Å². The molecule has 6 nitrogen and oxygen atoms in total. The monoisotopic (exact) mass is 491 g/mol. The third kappa shape index (κ3) is 6.34. The number of rotatable bonds is 10. The molecule has 0 fully saturated rings. The Morgan fingerprint density at radius 1 is 1.27 bits per heavy atom. The van der Waals surface area contributed by atoms with Crippen molar-refractivity contribution in [1.82, 2.24) is 14.5 Å². The first-order chi connectivity index (χ1) is 15.8. The van der Waals surface area contributed by atoms with E-state index in [1.807, 2.05) is 13.8 Å². The highest BCUT2D eigenvalue weighted by molar-refractivity contribution is 7.99. The molecule has 0 aliphatic heterocycles. The molecule has 0 aliphatic carbocycles. The van der Waals surface area contributed by atoms with Gasteiger partial charge in [0, 0.05) is 31.8 Å². The van der Waals surface area contributed by atoms with Crippen LogP contribution in [0, 0.1) is 5.82 Å². The SMILES string of the molecule is CCOCCCn1c(SCC(=O)N(C)C(C)c2ccc(F)cc2)nc2cc(Cl)ccc2c1=O. The smallest absolute Gasteiger partial charge is 0.262 e. The molecule has 2 aromatic carbocycles. The van der Waals surface area contributed by atoms with Crippen LogP contribution in [0.2, 0.25) is 5.02 Å². The quantitative estimate of drug-likeness (QED) is 0.228. The van der Waals surface area contributed by atoms with Crippen LogP contribution in [-0.4, -0.2) is 46.4 Å². The number of carbonyl (C=O) groups is 1. The van der Waals surface area contributed by atoms with Crippen LogP contribution in [0.15, 0.2) is 52.4 Å². The Morgan fingerprint density at radius 3 is 2.70 bits per heavy atom. The standard InChI is InChI=1S/C24H27ClFN3O3S/c1-4-32-13-5-12-29-23(31)20-11-8-18(25)14-21(20)27-24(29)33-15-22(30)28(3)16(2)17-6-9-19(26)10-7-17/h6-11,14,16H,4-5,12-13,15H2,1-3H3. The van der Waals surface area contributed by atoms with E-state index in [1.54, 1.807) is 46.8 Å². The van der Waals surface area contributed by atoms with Crippen LogP contribution in [0.3, 0.4) is 0 Å². The molecule has 33 heavy (non-hydrogen) atoms. The van der Waals surface area contributed by atoms with E-state index in [2.05, 4.69) is 4.98 Å². The Kier molecular flexibility index (Phi) is 8.88. The number of hydrogen-bond donors (Lipinski definition) is 0. The molecule has 0 saturated heterocycles. The minimum atomic E-state index is -0.319. The molecule has 0 spiro atoms. The number of ether oxygens (including phenoxy) is 1. The molecule has 0 radical (unpaired) electrons. The minimum absolute atomic E-state index is 0.103. The lowest BCUT2D eigenvalue weighted by molar-refractivity contribution is -0.128. The third-order valence-electron chi connectivity index (χ3n) is 5.41. The van der Waals surface area contributed by atoms with Crippen LogP contribution in [0.1, 0.15) is 31.9 Å². The van der Waals surface area contributed by atoms with Gasteiger partial charge in [-0.3, -0.25) is 14.2 Å². The van der Waals surface area contributed by atoms with Gasteiger partial charge in [0.15, 0.2) is 5.16 Å². The van der Waals surface area contributed by atoms with Gasteiger partial charge >= 0.3 is 0 Å². The van der Waals surface area contributed by atoms with E-state index in [-0.39, 0.29) is 29.1 Å². The van der Waals surface area contributed by atoms with Gasteiger partial charge in [0.2, 0.25) is 5.91 Å². The van der Waals surface area contributed by atoms with Crippen LogP contribution in [0.5, 0.6) is 0 Å². The number of nitrogens with zero attached hydrogens (tertiary/aromatic N) is 3. The first-order valence-electron chi connectivity index (χ1n) is 10.7. The summed E-state index contributed by atoms with van der Waals surface area (Å²) >= 11 is 7.31. The molecule has 1 unspecified atom stereocenters. The second-order valence-corrected chi connectivity index (χ2v) is 8.96. The maximum atomic E-state index is 13.2. The number of hydrogen-bond acceptors (Lipinski definition) is 5. The third-order valence-corrected chi connectivity index (χ3v) is 6.60. The summed E-state index contributed by atoms with van der Waals surface area (Å²) in [4.78, 5) is 32.2. The van der Waals surface area contributed by atoms with Gasteiger partial charge < -0.3 is 9.64 Å². The van der Waals surface area contributed by atoms with Gasteiger partial charge in [-0.2, -0.15) is 0 Å². The summed E-state index contributed by atoms with van der Waals surface area (Å²) in [5.74, 6) is -0.343. The highest BCUT2D eigenvalue weighted by Crippen LogP contribution is 2.24. The van der Waals surface area contributed by atoms with Crippen molar-refractivity contribution in [2.75, 3.05) is 26.0 Å². The molecule has 0 bridgehead atoms. The zero-order valence-corrected chi connectivity index (χ0v) is 20.5. The fourth-order valence-corrected chi connectivity index (χ4v) is 4.47. The van der Waals surface area contributed by atoms with Gasteiger partial charge in [0.05, 0.1) is 22.7 Å². The number of fused-ring (bicyclic) bond motifs is 1. The first-order valence-corrected chi connectivity index (χ1v) is 12.1. The maximum absolute atomic E-state index is 13.2. The molecule has 1 heterocycles. The van der Waals surface area contributed by atoms with Crippen molar-refractivity contribution >= 4 is 40.2 Å².